The van der Waals surface area contributed by atoms with Crippen molar-refractivity contribution in [3.05, 3.63) is 71.0 Å². The predicted molar refractivity (Wildman–Crippen MR) is 102 cm³/mol. The molecule has 1 N–H and O–H groups in total. The van der Waals surface area contributed by atoms with Crippen molar-refractivity contribution in [3.8, 4) is 0 Å². The highest BCUT2D eigenvalue weighted by Crippen LogP contribution is 2.41. The number of halogens is 2. The number of aliphatic imine (C=N–C) groups is 1. The predicted octanol–water partition coefficient (Wildman–Crippen LogP) is 4.40. The molecule has 2 atom stereocenters. The molecule has 134 valence electrons. The van der Waals surface area contributed by atoms with Crippen LogP contribution in [0.25, 0.3) is 0 Å². The van der Waals surface area contributed by atoms with Gasteiger partial charge in [-0.2, -0.15) is 0 Å². The van der Waals surface area contributed by atoms with Crippen LogP contribution in [0.2, 0.25) is 0 Å². The van der Waals surface area contributed by atoms with Crippen LogP contribution in [0.4, 0.5) is 4.39 Å². The molecule has 0 bridgehead atoms. The topological polar surface area (TPSA) is 58.5 Å². The Morgan fingerprint density at radius 2 is 1.81 bits per heavy atom. The fourth-order valence-corrected chi connectivity index (χ4v) is 3.91. The second-order valence-electron chi connectivity index (χ2n) is 6.10. The van der Waals surface area contributed by atoms with Crippen molar-refractivity contribution in [2.24, 2.45) is 4.99 Å². The number of amides is 1. The van der Waals surface area contributed by atoms with E-state index in [4.69, 9.17) is 11.6 Å². The number of hydrogen-bond donors (Lipinski definition) is 1. The molecular formula is C19H16ClFN2O2S. The molecule has 1 amide bonds. The van der Waals surface area contributed by atoms with Crippen molar-refractivity contribution < 1.29 is 14.0 Å². The molecular weight excluding hydrogens is 375 g/mol. The maximum absolute atomic E-state index is 13.0. The molecule has 2 aromatic carbocycles. The Balaban J connectivity index is 1.82. The lowest BCUT2D eigenvalue weighted by Crippen LogP contribution is -2.31. The zero-order valence-corrected chi connectivity index (χ0v) is 15.7. The number of hydrogen-bond acceptors (Lipinski definition) is 4. The van der Waals surface area contributed by atoms with E-state index in [0.29, 0.717) is 10.7 Å². The van der Waals surface area contributed by atoms with Gasteiger partial charge in [-0.05, 0) is 60.8 Å². The first-order valence-corrected chi connectivity index (χ1v) is 9.13. The second kappa shape index (κ2) is 7.21. The maximum Gasteiger partial charge on any atom is 0.252 e. The Morgan fingerprint density at radius 3 is 2.38 bits per heavy atom. The van der Waals surface area contributed by atoms with Gasteiger partial charge in [0.05, 0.1) is 6.04 Å². The van der Waals surface area contributed by atoms with Crippen molar-refractivity contribution in [2.45, 2.75) is 24.6 Å². The minimum absolute atomic E-state index is 0.183. The fourth-order valence-electron chi connectivity index (χ4n) is 2.64. The van der Waals surface area contributed by atoms with E-state index < -0.39 is 9.99 Å². The summed E-state index contributed by atoms with van der Waals surface area (Å²) in [6, 6.07) is 12.5. The Labute approximate surface area is 159 Å². The van der Waals surface area contributed by atoms with Crippen molar-refractivity contribution in [1.82, 2.24) is 5.32 Å². The summed E-state index contributed by atoms with van der Waals surface area (Å²) in [5, 5.41) is 2.76. The third kappa shape index (κ3) is 3.66. The van der Waals surface area contributed by atoms with Gasteiger partial charge < -0.3 is 5.32 Å². The zero-order chi connectivity index (χ0) is 18.9. The normalized spacial score (nSPS) is 22.3. The highest BCUT2D eigenvalue weighted by atomic mass is 35.5. The average molecular weight is 391 g/mol. The fraction of sp³-hybridized carbons (Fsp3) is 0.211. The lowest BCUT2D eigenvalue weighted by atomic mass is 9.98. The van der Waals surface area contributed by atoms with Gasteiger partial charge in [0, 0.05) is 5.56 Å². The first-order chi connectivity index (χ1) is 12.3. The van der Waals surface area contributed by atoms with E-state index in [2.05, 4.69) is 10.3 Å². The first-order valence-electron chi connectivity index (χ1n) is 7.94. The van der Waals surface area contributed by atoms with Crippen LogP contribution in [0.15, 0.2) is 53.5 Å². The third-order valence-corrected chi connectivity index (χ3v) is 5.73. The third-order valence-electron chi connectivity index (χ3n) is 4.28. The summed E-state index contributed by atoms with van der Waals surface area (Å²) in [4.78, 5) is 28.3. The summed E-state index contributed by atoms with van der Waals surface area (Å²) in [7, 11) is 0. The molecule has 1 heterocycles. The number of rotatable bonds is 4. The molecule has 26 heavy (non-hydrogen) atoms. The summed E-state index contributed by atoms with van der Waals surface area (Å²) < 4.78 is 12.2. The minimum atomic E-state index is -0.852. The lowest BCUT2D eigenvalue weighted by Gasteiger charge is -2.19. The van der Waals surface area contributed by atoms with E-state index in [1.165, 1.54) is 23.9 Å². The van der Waals surface area contributed by atoms with Gasteiger partial charge in [0.2, 0.25) is 5.91 Å². The molecule has 1 unspecified atom stereocenters. The summed E-state index contributed by atoms with van der Waals surface area (Å²) in [6.07, 6.45) is 0. The highest BCUT2D eigenvalue weighted by molar-refractivity contribution is 8.15. The first kappa shape index (κ1) is 18.6. The molecule has 1 aliphatic rings. The van der Waals surface area contributed by atoms with Gasteiger partial charge in [-0.1, -0.05) is 36.0 Å². The van der Waals surface area contributed by atoms with Crippen molar-refractivity contribution in [3.63, 3.8) is 0 Å². The summed E-state index contributed by atoms with van der Waals surface area (Å²) >= 11 is 6.77. The van der Waals surface area contributed by atoms with Gasteiger partial charge >= 0.3 is 0 Å². The number of nitrogens with one attached hydrogen (secondary N) is 1. The molecule has 0 aromatic heterocycles. The van der Waals surface area contributed by atoms with E-state index in [0.717, 1.165) is 11.1 Å². The van der Waals surface area contributed by atoms with Gasteiger partial charge in [-0.15, -0.1) is 0 Å². The van der Waals surface area contributed by atoms with E-state index in [1.807, 2.05) is 6.92 Å². The number of amidine groups is 1. The van der Waals surface area contributed by atoms with Crippen LogP contribution in [0.5, 0.6) is 0 Å². The van der Waals surface area contributed by atoms with Crippen molar-refractivity contribution >= 4 is 39.7 Å². The van der Waals surface area contributed by atoms with E-state index in [-0.39, 0.29) is 17.8 Å². The Morgan fingerprint density at radius 1 is 1.19 bits per heavy atom. The van der Waals surface area contributed by atoms with Gasteiger partial charge in [-0.3, -0.25) is 14.6 Å². The molecule has 0 radical (unpaired) electrons. The summed E-state index contributed by atoms with van der Waals surface area (Å²) in [5.74, 6) is -0.485. The number of benzene rings is 2. The quantitative estimate of drug-likeness (QED) is 0.787. The highest BCUT2D eigenvalue weighted by Gasteiger charge is 2.44. The van der Waals surface area contributed by atoms with Gasteiger partial charge in [-0.25, -0.2) is 4.39 Å². The minimum Gasteiger partial charge on any atom is -0.304 e. The Kier molecular flexibility index (Phi) is 5.16. The van der Waals surface area contributed by atoms with Gasteiger partial charge in [0.1, 0.15) is 10.6 Å². The molecule has 1 fully saturated rings. The van der Waals surface area contributed by atoms with Crippen LogP contribution in [0.3, 0.4) is 0 Å². The van der Waals surface area contributed by atoms with E-state index in [9.17, 15) is 14.0 Å². The molecule has 2 aromatic rings. The van der Waals surface area contributed by atoms with Crippen LogP contribution in [0.1, 0.15) is 41.4 Å². The molecule has 3 rings (SSSR count). The van der Waals surface area contributed by atoms with Gasteiger partial charge in [0.25, 0.3) is 5.24 Å². The summed E-state index contributed by atoms with van der Waals surface area (Å²) in [5.41, 5.74) is 1.98. The maximum atomic E-state index is 13.0. The smallest absolute Gasteiger partial charge is 0.252 e. The van der Waals surface area contributed by atoms with Crippen molar-refractivity contribution in [1.29, 1.82) is 0 Å². The Bertz CT molecular complexity index is 883. The molecule has 0 saturated carbocycles. The molecule has 4 nitrogen and oxygen atoms in total. The number of nitrogens with zero attached hydrogens (tertiary/aromatic N) is 1. The largest absolute Gasteiger partial charge is 0.304 e. The van der Waals surface area contributed by atoms with E-state index in [1.54, 1.807) is 43.3 Å². The monoisotopic (exact) mass is 390 g/mol. The van der Waals surface area contributed by atoms with Crippen LogP contribution >= 0.6 is 23.4 Å². The van der Waals surface area contributed by atoms with Crippen LogP contribution in [0, 0.1) is 5.82 Å². The zero-order valence-electron chi connectivity index (χ0n) is 14.1. The molecule has 1 aliphatic heterocycles. The number of carbonyl (C=O) groups excluding carboxylic acids is 2. The van der Waals surface area contributed by atoms with Crippen LogP contribution in [-0.4, -0.2) is 16.3 Å². The number of thioether (sulfide) groups is 1. The van der Waals surface area contributed by atoms with E-state index >= 15 is 0 Å². The lowest BCUT2D eigenvalue weighted by molar-refractivity contribution is -0.121. The number of carbonyl (C=O) groups is 2. The molecule has 0 aliphatic carbocycles. The molecule has 0 spiro atoms. The SMILES string of the molecule is C[C@H](N=C1NC(=O)C(C)(c2ccc(C(=O)Cl)cc2)S1)c1ccc(F)cc1. The second-order valence-corrected chi connectivity index (χ2v) is 7.85. The standard InChI is InChI=1S/C19H16ClFN2O2S/c1-11(12-5-9-15(21)10-6-12)22-18-23-17(25)19(2,26-18)14-7-3-13(4-8-14)16(20)24/h3-11H,1-2H3,(H,22,23,25)/t11-,19?/m0/s1. The summed E-state index contributed by atoms with van der Waals surface area (Å²) in [6.45, 7) is 3.68. The van der Waals surface area contributed by atoms with Gasteiger partial charge in [0.15, 0.2) is 5.17 Å². The molecule has 1 saturated heterocycles. The average Bonchev–Trinajstić information content (AvgIpc) is 2.90. The Hall–Kier alpha value is -2.18. The van der Waals surface area contributed by atoms with Crippen LogP contribution < -0.4 is 5.32 Å². The molecule has 7 heteroatoms. The van der Waals surface area contributed by atoms with Crippen molar-refractivity contribution in [2.75, 3.05) is 0 Å². The van der Waals surface area contributed by atoms with Crippen LogP contribution in [-0.2, 0) is 9.54 Å².